The molecule has 5 heteroatoms. The van der Waals surface area contributed by atoms with Crippen molar-refractivity contribution in [1.82, 2.24) is 14.5 Å². The summed E-state index contributed by atoms with van der Waals surface area (Å²) in [5, 5.41) is 8.65. The smallest absolute Gasteiger partial charge is 0.159 e. The Hall–Kier alpha value is -8.28. The number of amidine groups is 2. The molecule has 328 valence electrons. The largest absolute Gasteiger partial charge is 0.344 e. The first-order valence-electron chi connectivity index (χ1n) is 23.6. The van der Waals surface area contributed by atoms with E-state index in [2.05, 4.69) is 238 Å². The molecule has 1 N–H and O–H groups in total. The molecular formula is C63H51N5. The zero-order valence-electron chi connectivity index (χ0n) is 39.3. The summed E-state index contributed by atoms with van der Waals surface area (Å²) in [6, 6.07) is 68.6. The normalized spacial score (nSPS) is 13.9. The van der Waals surface area contributed by atoms with Gasteiger partial charge in [-0.2, -0.15) is 0 Å². The molecule has 1 aliphatic rings. The van der Waals surface area contributed by atoms with Crippen molar-refractivity contribution in [3.63, 3.8) is 0 Å². The molecule has 0 aliphatic carbocycles. The van der Waals surface area contributed by atoms with Gasteiger partial charge in [0, 0.05) is 44.0 Å². The second-order valence-corrected chi connectivity index (χ2v) is 18.7. The lowest BCUT2D eigenvalue weighted by Gasteiger charge is -2.24. The summed E-state index contributed by atoms with van der Waals surface area (Å²) in [5.74, 6) is 1.45. The van der Waals surface area contributed by atoms with Gasteiger partial charge in [0.15, 0.2) is 5.84 Å². The lowest BCUT2D eigenvalue weighted by molar-refractivity contribution is 0.674. The van der Waals surface area contributed by atoms with Gasteiger partial charge in [-0.25, -0.2) is 9.98 Å². The molecule has 0 saturated heterocycles. The van der Waals surface area contributed by atoms with Gasteiger partial charge < -0.3 is 14.5 Å². The molecule has 0 saturated carbocycles. The van der Waals surface area contributed by atoms with Gasteiger partial charge >= 0.3 is 0 Å². The van der Waals surface area contributed by atoms with E-state index in [9.17, 15) is 0 Å². The van der Waals surface area contributed by atoms with Gasteiger partial charge in [0.05, 0.1) is 22.1 Å². The number of hydrogen-bond acceptors (Lipinski definition) is 3. The Balaban J connectivity index is 1.16. The minimum Gasteiger partial charge on any atom is -0.344 e. The van der Waals surface area contributed by atoms with Crippen LogP contribution in [0.3, 0.4) is 0 Å². The quantitative estimate of drug-likeness (QED) is 0.170. The van der Waals surface area contributed by atoms with E-state index >= 15 is 0 Å². The number of rotatable bonds is 7. The van der Waals surface area contributed by atoms with E-state index in [0.717, 1.165) is 56.0 Å². The Morgan fingerprint density at radius 2 is 0.824 bits per heavy atom. The van der Waals surface area contributed by atoms with Crippen LogP contribution in [-0.2, 0) is 0 Å². The van der Waals surface area contributed by atoms with Crippen LogP contribution in [0.4, 0.5) is 0 Å². The van der Waals surface area contributed by atoms with Crippen LogP contribution in [0.1, 0.15) is 56.2 Å². The molecule has 0 fully saturated rings. The molecule has 2 aromatic heterocycles. The Bertz CT molecular complexity index is 3640. The van der Waals surface area contributed by atoms with Gasteiger partial charge in [0.2, 0.25) is 0 Å². The number of aryl methyl sites for hydroxylation is 6. The van der Waals surface area contributed by atoms with Crippen molar-refractivity contribution in [3.8, 4) is 33.6 Å². The standard InChI is InChI=1S/C63H51N5/c1-38-29-40(3)59(41(4)30-38)46-25-27-53-51-21-13-15-23-55(51)67(57(53)35-46)49-33-48(63-65-61(44-17-9-7-10-18-44)64-62(66-63)45-19-11-8-12-20-45)34-50(37-49)68-56-24-16-14-22-52(56)54-28-26-47(36-58(54)68)60-42(5)31-39(2)32-43(60)6/h7-37,61H,1-6H3,(H,64,65,66). The minimum absolute atomic E-state index is 0.348. The second-order valence-electron chi connectivity index (χ2n) is 18.7. The third-order valence-corrected chi connectivity index (χ3v) is 13.9. The fourth-order valence-corrected chi connectivity index (χ4v) is 11.2. The van der Waals surface area contributed by atoms with Crippen LogP contribution in [0.5, 0.6) is 0 Å². The van der Waals surface area contributed by atoms with E-state index < -0.39 is 0 Å². The highest BCUT2D eigenvalue weighted by molar-refractivity contribution is 6.15. The van der Waals surface area contributed by atoms with E-state index in [0.29, 0.717) is 5.84 Å². The highest BCUT2D eigenvalue weighted by Crippen LogP contribution is 2.41. The van der Waals surface area contributed by atoms with Crippen molar-refractivity contribution < 1.29 is 0 Å². The van der Waals surface area contributed by atoms with Crippen LogP contribution in [0.2, 0.25) is 0 Å². The van der Waals surface area contributed by atoms with E-state index in [1.807, 2.05) is 6.07 Å². The number of hydrogen-bond donors (Lipinski definition) is 1. The van der Waals surface area contributed by atoms with Crippen LogP contribution in [-0.4, -0.2) is 20.8 Å². The van der Waals surface area contributed by atoms with Gasteiger partial charge in [-0.15, -0.1) is 0 Å². The van der Waals surface area contributed by atoms with Gasteiger partial charge in [-0.05, 0) is 134 Å². The zero-order chi connectivity index (χ0) is 46.2. The van der Waals surface area contributed by atoms with E-state index in [-0.39, 0.29) is 6.17 Å². The molecule has 68 heavy (non-hydrogen) atoms. The summed E-state index contributed by atoms with van der Waals surface area (Å²) in [6.45, 7) is 13.3. The summed E-state index contributed by atoms with van der Waals surface area (Å²) >= 11 is 0. The first kappa shape index (κ1) is 41.2. The molecule has 12 rings (SSSR count). The minimum atomic E-state index is -0.348. The third kappa shape index (κ3) is 6.93. The molecular weight excluding hydrogens is 827 g/mol. The number of aromatic nitrogens is 2. The predicted octanol–water partition coefficient (Wildman–Crippen LogP) is 15.6. The lowest BCUT2D eigenvalue weighted by atomic mass is 9.93. The molecule has 3 heterocycles. The number of nitrogens with zero attached hydrogens (tertiary/aromatic N) is 4. The predicted molar refractivity (Wildman–Crippen MR) is 286 cm³/mol. The SMILES string of the molecule is Cc1cc(C)c(-c2ccc3c4ccccc4n(-c4cc(C5=NC(c6ccccc6)=NC(c6ccccc6)N5)cc(-n5c6ccccc6c6ccc(-c7c(C)cc(C)cc7C)cc65)c4)c3c2)c(C)c1. The average molecular weight is 878 g/mol. The molecule has 0 spiro atoms. The highest BCUT2D eigenvalue weighted by atomic mass is 15.2. The van der Waals surface area contributed by atoms with Crippen molar-refractivity contribution in [2.24, 2.45) is 9.98 Å². The van der Waals surface area contributed by atoms with Crippen LogP contribution >= 0.6 is 0 Å². The number of aliphatic imine (C=N–C) groups is 2. The molecule has 0 bridgehead atoms. The van der Waals surface area contributed by atoms with Gasteiger partial charge in [0.1, 0.15) is 12.0 Å². The molecule has 0 amide bonds. The van der Waals surface area contributed by atoms with Crippen LogP contribution in [0.25, 0.3) is 77.2 Å². The highest BCUT2D eigenvalue weighted by Gasteiger charge is 2.24. The topological polar surface area (TPSA) is 46.6 Å². The van der Waals surface area contributed by atoms with Crippen molar-refractivity contribution >= 4 is 55.3 Å². The Kier molecular flexibility index (Phi) is 9.84. The van der Waals surface area contributed by atoms with Crippen molar-refractivity contribution in [1.29, 1.82) is 0 Å². The van der Waals surface area contributed by atoms with Crippen molar-refractivity contribution in [3.05, 3.63) is 238 Å². The van der Waals surface area contributed by atoms with Crippen molar-refractivity contribution in [2.45, 2.75) is 47.7 Å². The first-order valence-corrected chi connectivity index (χ1v) is 23.6. The molecule has 1 atom stereocenters. The molecule has 1 unspecified atom stereocenters. The van der Waals surface area contributed by atoms with Gasteiger partial charge in [0.25, 0.3) is 0 Å². The fraction of sp³-hybridized carbons (Fsp3) is 0.111. The second kappa shape index (κ2) is 16.3. The fourth-order valence-electron chi connectivity index (χ4n) is 11.2. The maximum absolute atomic E-state index is 5.39. The summed E-state index contributed by atoms with van der Waals surface area (Å²) in [7, 11) is 0. The summed E-state index contributed by atoms with van der Waals surface area (Å²) in [6.07, 6.45) is -0.348. The van der Waals surface area contributed by atoms with Gasteiger partial charge in [-0.1, -0.05) is 157 Å². The van der Waals surface area contributed by atoms with E-state index in [1.165, 1.54) is 77.2 Å². The monoisotopic (exact) mass is 877 g/mol. The number of nitrogens with one attached hydrogen (secondary N) is 1. The number of benzene rings is 9. The molecule has 9 aromatic carbocycles. The maximum Gasteiger partial charge on any atom is 0.159 e. The zero-order valence-corrected chi connectivity index (χ0v) is 39.3. The summed E-state index contributed by atoms with van der Waals surface area (Å²) in [5.41, 5.74) is 22.3. The Morgan fingerprint density at radius 3 is 1.32 bits per heavy atom. The van der Waals surface area contributed by atoms with Gasteiger partial charge in [-0.3, -0.25) is 0 Å². The average Bonchev–Trinajstić information content (AvgIpc) is 3.86. The summed E-state index contributed by atoms with van der Waals surface area (Å²) in [4.78, 5) is 10.6. The number of fused-ring (bicyclic) bond motifs is 6. The van der Waals surface area contributed by atoms with Crippen LogP contribution in [0, 0.1) is 41.5 Å². The van der Waals surface area contributed by atoms with Crippen LogP contribution < -0.4 is 5.32 Å². The maximum atomic E-state index is 5.39. The molecule has 1 aliphatic heterocycles. The molecule has 0 radical (unpaired) electrons. The molecule has 5 nitrogen and oxygen atoms in total. The summed E-state index contributed by atoms with van der Waals surface area (Å²) < 4.78 is 4.92. The Morgan fingerprint density at radius 1 is 0.382 bits per heavy atom. The van der Waals surface area contributed by atoms with Crippen LogP contribution in [0.15, 0.2) is 198 Å². The lowest BCUT2D eigenvalue weighted by Crippen LogP contribution is -2.33. The third-order valence-electron chi connectivity index (χ3n) is 13.9. The van der Waals surface area contributed by atoms with Crippen molar-refractivity contribution in [2.75, 3.05) is 0 Å². The Labute approximate surface area is 397 Å². The first-order chi connectivity index (χ1) is 33.2. The van der Waals surface area contributed by atoms with E-state index in [1.54, 1.807) is 0 Å². The molecule has 11 aromatic rings. The van der Waals surface area contributed by atoms with E-state index in [4.69, 9.17) is 9.98 Å². The number of para-hydroxylation sites is 2.